The van der Waals surface area contributed by atoms with Crippen LogP contribution in [0, 0.1) is 88.9 Å². The van der Waals surface area contributed by atoms with E-state index in [0.29, 0.717) is 24.7 Å². The fraction of sp³-hybridized carbons (Fsp3) is 0.353. The average molecular weight is 1300 g/mol. The largest absolute Gasteiger partial charge is 0.496 e. The quantitative estimate of drug-likeness (QED) is 0.0690. The SMILES string of the molecule is COc1c(C)cc(-[s+]2c3ccccc3c3ccccc32)cc1C.Cc1cc(-[s+]2c3ccccc3c3ccccc32)cc(C)c1OCC(=O)OC1(C)C2CC3CC(C2)CC1C3.Cc1cc(-[s+]2c3ccccc3c3ccccc32)cc(C)c1OCOC1C2CC3CC(C2)CC1C3. The van der Waals surface area contributed by atoms with E-state index < -0.39 is 0 Å². The van der Waals surface area contributed by atoms with E-state index in [0.717, 1.165) is 63.9 Å². The Morgan fingerprint density at radius 2 is 0.681 bits per heavy atom. The van der Waals surface area contributed by atoms with Crippen LogP contribution in [0.25, 0.3) is 75.2 Å². The Balaban J connectivity index is 0.000000115. The van der Waals surface area contributed by atoms with Gasteiger partial charge in [-0.1, -0.05) is 72.8 Å². The minimum Gasteiger partial charge on any atom is -0.496 e. The number of hydrogen-bond acceptors (Lipinski definition) is 6. The molecule has 0 atom stereocenters. The molecule has 0 N–H and O–H groups in total. The van der Waals surface area contributed by atoms with Gasteiger partial charge in [0.2, 0.25) is 0 Å². The molecule has 94 heavy (non-hydrogen) atoms. The summed E-state index contributed by atoms with van der Waals surface area (Å²) in [5.74, 6) is 8.83. The molecule has 0 spiro atoms. The second-order valence-corrected chi connectivity index (χ2v) is 34.7. The molecular formula is C85H87O6S3+3. The number of rotatable bonds is 12. The van der Waals surface area contributed by atoms with E-state index in [1.165, 1.54) is 162 Å². The Hall–Kier alpha value is -7.53. The Labute approximate surface area is 562 Å². The van der Waals surface area contributed by atoms with Crippen LogP contribution in [0.3, 0.4) is 0 Å². The highest BCUT2D eigenvalue weighted by Crippen LogP contribution is 2.60. The molecule has 12 aromatic rings. The Morgan fingerprint density at radius 3 is 1.00 bits per heavy atom. The Morgan fingerprint density at radius 1 is 0.394 bits per heavy atom. The van der Waals surface area contributed by atoms with E-state index in [4.69, 9.17) is 23.7 Å². The third-order valence-electron chi connectivity index (χ3n) is 22.8. The lowest BCUT2D eigenvalue weighted by molar-refractivity contribution is -0.204. The summed E-state index contributed by atoms with van der Waals surface area (Å²) in [6, 6.07) is 66.6. The van der Waals surface area contributed by atoms with Gasteiger partial charge in [-0.15, -0.1) is 0 Å². The maximum atomic E-state index is 13.0. The molecule has 0 radical (unpaired) electrons. The van der Waals surface area contributed by atoms with Gasteiger partial charge in [-0.3, -0.25) is 0 Å². The van der Waals surface area contributed by atoms with Gasteiger partial charge in [-0.05, 0) is 266 Å². The predicted molar refractivity (Wildman–Crippen MR) is 395 cm³/mol. The minimum absolute atomic E-state index is 0.0269. The molecule has 8 fully saturated rings. The van der Waals surface area contributed by atoms with Crippen LogP contribution in [0.15, 0.2) is 182 Å². The standard InChI is InChI=1S/C33H35O3S.C31H33O2S.C21H19OS/c1-20-12-26(37-29-10-6-4-8-27(29)28-9-5-7-11-30(28)37)13-21(2)32(20)35-19-31(34)36-33(3)24-15-22-14-23(17-24)18-25(33)16-22;1-19-11-25(34-28-9-5-3-7-26(28)27-8-4-6-10-29(27)34)12-20(2)30(19)32-18-33-31-23-14-21-13-22(16-23)17-24(31)15-21;1-14-12-16(13-15(2)21(14)22-3)23-19-10-6-4-8-17(19)18-9-5-7-11-20(18)23/h4-13,22-25H,14-19H2,1-3H3;3-12,21-24,31H,13-18H2,1-2H3;4-13H,1-3H3/q3*+1. The van der Waals surface area contributed by atoms with Crippen LogP contribution in [0.2, 0.25) is 0 Å². The van der Waals surface area contributed by atoms with Gasteiger partial charge in [0, 0.05) is 100 Å². The number of hydrogen-bond donors (Lipinski definition) is 0. The van der Waals surface area contributed by atoms with Crippen molar-refractivity contribution in [2.45, 2.75) is 124 Å². The van der Waals surface area contributed by atoms with Crippen molar-refractivity contribution < 1.29 is 28.5 Å². The molecule has 6 nitrogen and oxygen atoms in total. The van der Waals surface area contributed by atoms with Crippen LogP contribution < -0.4 is 14.2 Å². The smallest absolute Gasteiger partial charge is 0.344 e. The number of benzene rings is 9. The molecule has 8 bridgehead atoms. The summed E-state index contributed by atoms with van der Waals surface area (Å²) in [5, 5.41) is 8.16. The summed E-state index contributed by atoms with van der Waals surface area (Å²) >= 11 is 0. The zero-order valence-corrected chi connectivity index (χ0v) is 58.1. The van der Waals surface area contributed by atoms with Crippen molar-refractivity contribution in [1.82, 2.24) is 0 Å². The molecule has 8 aliphatic carbocycles. The van der Waals surface area contributed by atoms with Crippen molar-refractivity contribution >= 4 is 97.9 Å². The first-order valence-electron chi connectivity index (χ1n) is 34.5. The first-order chi connectivity index (χ1) is 45.8. The van der Waals surface area contributed by atoms with Crippen LogP contribution in [-0.2, 0) is 14.3 Å². The Kier molecular flexibility index (Phi) is 16.3. The first-order valence-corrected chi connectivity index (χ1v) is 38.2. The zero-order chi connectivity index (χ0) is 64.1. The lowest BCUT2D eigenvalue weighted by atomic mass is 9.50. The van der Waals surface area contributed by atoms with E-state index in [2.05, 4.69) is 230 Å². The van der Waals surface area contributed by atoms with Crippen LogP contribution in [0.1, 0.15) is 105 Å². The van der Waals surface area contributed by atoms with Gasteiger partial charge in [-0.25, -0.2) is 4.79 Å². The summed E-state index contributed by atoms with van der Waals surface area (Å²) in [6.45, 7) is 15.4. The highest BCUT2D eigenvalue weighted by Gasteiger charge is 2.57. The molecule has 0 amide bonds. The van der Waals surface area contributed by atoms with Gasteiger partial charge in [-0.2, -0.15) is 0 Å². The van der Waals surface area contributed by atoms with Crippen molar-refractivity contribution in [2.24, 2.45) is 47.3 Å². The van der Waals surface area contributed by atoms with Crippen LogP contribution >= 0.6 is 31.4 Å². The number of fused-ring (bicyclic) bond motifs is 9. The lowest BCUT2D eigenvalue weighted by Crippen LogP contribution is -2.58. The summed E-state index contributed by atoms with van der Waals surface area (Å²) in [5.41, 5.74) is 6.65. The molecule has 8 saturated carbocycles. The normalized spacial score (nSPS) is 23.9. The number of carbonyl (C=O) groups excluding carboxylic acids is 1. The molecule has 0 unspecified atom stereocenters. The highest BCUT2D eigenvalue weighted by molar-refractivity contribution is 7.51. The van der Waals surface area contributed by atoms with E-state index in [-0.39, 0.29) is 49.6 Å². The maximum Gasteiger partial charge on any atom is 0.344 e. The van der Waals surface area contributed by atoms with E-state index in [1.807, 2.05) is 0 Å². The van der Waals surface area contributed by atoms with Crippen molar-refractivity contribution in [1.29, 1.82) is 0 Å². The molecular weight excluding hydrogens is 1210 g/mol. The van der Waals surface area contributed by atoms with Gasteiger partial charge in [0.25, 0.3) is 0 Å². The van der Waals surface area contributed by atoms with Crippen LogP contribution in [0.5, 0.6) is 17.2 Å². The van der Waals surface area contributed by atoms with Gasteiger partial charge < -0.3 is 23.7 Å². The van der Waals surface area contributed by atoms with E-state index >= 15 is 0 Å². The summed E-state index contributed by atoms with van der Waals surface area (Å²) in [7, 11) is 1.51. The van der Waals surface area contributed by atoms with Crippen molar-refractivity contribution in [3.8, 4) is 31.9 Å². The predicted octanol–water partition coefficient (Wildman–Crippen LogP) is 23.4. The second-order valence-electron chi connectivity index (χ2n) is 28.8. The molecule has 3 aromatic heterocycles. The van der Waals surface area contributed by atoms with Crippen LogP contribution in [-0.4, -0.2) is 38.2 Å². The average Bonchev–Trinajstić information content (AvgIpc) is 1.40. The fourth-order valence-electron chi connectivity index (χ4n) is 19.2. The highest BCUT2D eigenvalue weighted by atomic mass is 32.2. The number of carbonyl (C=O) groups is 1. The molecule has 8 aliphatic rings. The van der Waals surface area contributed by atoms with Crippen molar-refractivity contribution in [3.05, 3.63) is 215 Å². The third kappa shape index (κ3) is 10.9. The minimum atomic E-state index is -0.313. The second kappa shape index (κ2) is 24.9. The number of thiophene rings is 3. The molecule has 20 rings (SSSR count). The molecule has 3 heterocycles. The van der Waals surface area contributed by atoms with Gasteiger partial charge in [0.05, 0.1) is 13.2 Å². The fourth-order valence-corrected chi connectivity index (χ4v) is 26.9. The summed E-state index contributed by atoms with van der Waals surface area (Å²) < 4.78 is 39.1. The van der Waals surface area contributed by atoms with E-state index in [9.17, 15) is 4.79 Å². The summed E-state index contributed by atoms with van der Waals surface area (Å²) in [4.78, 5) is 17.1. The molecule has 9 aromatic carbocycles. The van der Waals surface area contributed by atoms with Crippen molar-refractivity contribution in [2.75, 3.05) is 20.5 Å². The zero-order valence-electron chi connectivity index (χ0n) is 55.7. The van der Waals surface area contributed by atoms with Gasteiger partial charge >= 0.3 is 5.97 Å². The van der Waals surface area contributed by atoms with E-state index in [1.54, 1.807) is 7.11 Å². The number of aryl methyl sites for hydroxylation is 6. The van der Waals surface area contributed by atoms with Crippen molar-refractivity contribution in [3.63, 3.8) is 0 Å². The molecule has 0 saturated heterocycles. The number of esters is 1. The maximum absolute atomic E-state index is 13.0. The van der Waals surface area contributed by atoms with Crippen LogP contribution in [0.4, 0.5) is 0 Å². The third-order valence-corrected chi connectivity index (χ3v) is 29.7. The van der Waals surface area contributed by atoms with Gasteiger partial charge in [0.1, 0.15) is 22.8 Å². The van der Waals surface area contributed by atoms with Gasteiger partial charge in [0.15, 0.2) is 56.3 Å². The Bertz CT molecular complexity index is 4620. The number of ether oxygens (including phenoxy) is 5. The molecule has 478 valence electrons. The summed E-state index contributed by atoms with van der Waals surface area (Å²) in [6.07, 6.45) is 13.7. The molecule has 0 aliphatic heterocycles. The number of methoxy groups -OCH3 is 1. The monoisotopic (exact) mass is 1300 g/mol. The lowest BCUT2D eigenvalue weighted by Gasteiger charge is -2.59. The molecule has 9 heteroatoms. The first kappa shape index (κ1) is 61.4. The topological polar surface area (TPSA) is 63.2 Å².